The second-order valence-electron chi connectivity index (χ2n) is 2.48. The van der Waals surface area contributed by atoms with Gasteiger partial charge >= 0.3 is 0 Å². The van der Waals surface area contributed by atoms with E-state index in [1.165, 1.54) is 5.56 Å². The molecule has 2 aromatic rings. The summed E-state index contributed by atoms with van der Waals surface area (Å²) in [5, 5.41) is 0.882. The number of aromatic nitrogens is 2. The van der Waals surface area contributed by atoms with E-state index in [2.05, 4.69) is 60.0 Å². The fourth-order valence-electron chi connectivity index (χ4n) is 1.07. The van der Waals surface area contributed by atoms with Crippen molar-refractivity contribution in [3.8, 4) is 0 Å². The molecule has 0 saturated carbocycles. The van der Waals surface area contributed by atoms with E-state index < -0.39 is 0 Å². The monoisotopic (exact) mass is 336 g/mol. The van der Waals surface area contributed by atoms with Gasteiger partial charge in [-0.2, -0.15) is 0 Å². The second-order valence-corrected chi connectivity index (χ2v) is 4.14. The molecule has 0 aliphatic heterocycles. The summed E-state index contributed by atoms with van der Waals surface area (Å²) in [5.41, 5.74) is 2.26. The van der Waals surface area contributed by atoms with Crippen molar-refractivity contribution in [3.05, 3.63) is 33.8 Å². The molecule has 0 unspecified atom stereocenters. The van der Waals surface area contributed by atoms with Crippen LogP contribution < -0.4 is 0 Å². The maximum absolute atomic E-state index is 4.26. The van der Waals surface area contributed by atoms with Gasteiger partial charge in [-0.05, 0) is 40.3 Å². The summed E-state index contributed by atoms with van der Waals surface area (Å²) in [6, 6.07) is 4.17. The second kappa shape index (κ2) is 3.33. The van der Waals surface area contributed by atoms with Crippen LogP contribution in [0, 0.1) is 3.70 Å². The molecule has 62 valence electrons. The van der Waals surface area contributed by atoms with Crippen molar-refractivity contribution in [2.24, 2.45) is 0 Å². The van der Waals surface area contributed by atoms with Crippen molar-refractivity contribution in [1.29, 1.82) is 0 Å². The Morgan fingerprint density at radius 1 is 1.58 bits per heavy atom. The molecule has 2 aromatic heterocycles. The number of alkyl halides is 1. The van der Waals surface area contributed by atoms with Crippen molar-refractivity contribution < 1.29 is 0 Å². The third kappa shape index (κ3) is 1.37. The van der Waals surface area contributed by atoms with Crippen molar-refractivity contribution in [2.45, 2.75) is 5.33 Å². The molecule has 0 saturated heterocycles. The molecule has 0 fully saturated rings. The lowest BCUT2D eigenvalue weighted by atomic mass is 10.3. The van der Waals surface area contributed by atoms with E-state index in [0.717, 1.165) is 14.7 Å². The first-order valence-corrected chi connectivity index (χ1v) is 5.69. The number of fused-ring (bicyclic) bond motifs is 1. The smallest absolute Gasteiger partial charge is 0.137 e. The predicted octanol–water partition coefficient (Wildman–Crippen LogP) is 2.83. The van der Waals surface area contributed by atoms with E-state index >= 15 is 0 Å². The molecule has 2 nitrogen and oxygen atoms in total. The predicted molar refractivity (Wildman–Crippen MR) is 60.5 cm³/mol. The van der Waals surface area contributed by atoms with E-state index in [1.54, 1.807) is 0 Å². The zero-order chi connectivity index (χ0) is 8.55. The van der Waals surface area contributed by atoms with Crippen LogP contribution in [0.3, 0.4) is 0 Å². The van der Waals surface area contributed by atoms with Gasteiger partial charge in [0.25, 0.3) is 0 Å². The first-order chi connectivity index (χ1) is 5.81. The van der Waals surface area contributed by atoms with Crippen LogP contribution in [0.5, 0.6) is 0 Å². The summed E-state index contributed by atoms with van der Waals surface area (Å²) in [5.74, 6) is 0. The standard InChI is InChI=1S/C8H6BrIN2/c9-4-6-1-2-12-7(10)5-11-8(12)3-6/h1-3,5H,4H2. The Balaban J connectivity index is 2.69. The quantitative estimate of drug-likeness (QED) is 0.578. The zero-order valence-corrected chi connectivity index (χ0v) is 9.91. The lowest BCUT2D eigenvalue weighted by Gasteiger charge is -1.97. The van der Waals surface area contributed by atoms with Gasteiger partial charge in [0.2, 0.25) is 0 Å². The van der Waals surface area contributed by atoms with Crippen molar-refractivity contribution in [3.63, 3.8) is 0 Å². The SMILES string of the molecule is BrCc1ccn2c(I)cnc2c1. The van der Waals surface area contributed by atoms with Crippen LogP contribution in [0.4, 0.5) is 0 Å². The van der Waals surface area contributed by atoms with Gasteiger partial charge in [0.15, 0.2) is 0 Å². The average Bonchev–Trinajstić information content (AvgIpc) is 2.47. The Labute approximate surface area is 92.3 Å². The molecule has 0 spiro atoms. The van der Waals surface area contributed by atoms with E-state index in [9.17, 15) is 0 Å². The maximum atomic E-state index is 4.26. The van der Waals surface area contributed by atoms with E-state index in [1.807, 2.05) is 12.4 Å². The van der Waals surface area contributed by atoms with Crippen LogP contribution in [0.2, 0.25) is 0 Å². The Morgan fingerprint density at radius 2 is 2.42 bits per heavy atom. The minimum absolute atomic E-state index is 0.882. The normalized spacial score (nSPS) is 10.8. The minimum atomic E-state index is 0.882. The molecular formula is C8H6BrIN2. The molecule has 0 bridgehead atoms. The molecule has 2 rings (SSSR count). The molecule has 2 heterocycles. The Morgan fingerprint density at radius 3 is 3.17 bits per heavy atom. The highest BCUT2D eigenvalue weighted by Crippen LogP contribution is 2.12. The molecule has 0 radical (unpaired) electrons. The molecule has 4 heteroatoms. The number of halogens is 2. The highest BCUT2D eigenvalue weighted by atomic mass is 127. The van der Waals surface area contributed by atoms with Gasteiger partial charge in [-0.15, -0.1) is 0 Å². The lowest BCUT2D eigenvalue weighted by molar-refractivity contribution is 1.14. The highest BCUT2D eigenvalue weighted by molar-refractivity contribution is 14.1. The Kier molecular flexibility index (Phi) is 2.36. The fraction of sp³-hybridized carbons (Fsp3) is 0.125. The van der Waals surface area contributed by atoms with Crippen LogP contribution in [-0.2, 0) is 5.33 Å². The number of imidazole rings is 1. The summed E-state index contributed by atoms with van der Waals surface area (Å²) >= 11 is 5.68. The van der Waals surface area contributed by atoms with Gasteiger partial charge in [-0.25, -0.2) is 4.98 Å². The molecular weight excluding hydrogens is 331 g/mol. The van der Waals surface area contributed by atoms with Gasteiger partial charge < -0.3 is 0 Å². The first-order valence-electron chi connectivity index (χ1n) is 3.49. The van der Waals surface area contributed by atoms with Crippen molar-refractivity contribution in [2.75, 3.05) is 0 Å². The molecule has 0 atom stereocenters. The molecule has 0 aliphatic carbocycles. The number of hydrogen-bond acceptors (Lipinski definition) is 1. The van der Waals surface area contributed by atoms with Crippen molar-refractivity contribution in [1.82, 2.24) is 9.38 Å². The number of nitrogens with zero attached hydrogens (tertiary/aromatic N) is 2. The molecule has 12 heavy (non-hydrogen) atoms. The van der Waals surface area contributed by atoms with Crippen LogP contribution in [0.15, 0.2) is 24.5 Å². The van der Waals surface area contributed by atoms with Gasteiger partial charge in [-0.1, -0.05) is 15.9 Å². The molecule has 0 aromatic carbocycles. The largest absolute Gasteiger partial charge is 0.295 e. The summed E-state index contributed by atoms with van der Waals surface area (Å²) in [7, 11) is 0. The fourth-order valence-corrected chi connectivity index (χ4v) is 1.97. The van der Waals surface area contributed by atoms with Crippen LogP contribution >= 0.6 is 38.5 Å². The van der Waals surface area contributed by atoms with Crippen LogP contribution in [0.1, 0.15) is 5.56 Å². The van der Waals surface area contributed by atoms with E-state index in [-0.39, 0.29) is 0 Å². The van der Waals surface area contributed by atoms with Gasteiger partial charge in [0, 0.05) is 11.5 Å². The highest BCUT2D eigenvalue weighted by Gasteiger charge is 1.99. The summed E-state index contributed by atoms with van der Waals surface area (Å²) in [6.07, 6.45) is 3.91. The summed E-state index contributed by atoms with van der Waals surface area (Å²) in [6.45, 7) is 0. The number of pyridine rings is 1. The third-order valence-corrected chi connectivity index (χ3v) is 3.13. The molecule has 0 amide bonds. The molecule has 0 aliphatic rings. The first kappa shape index (κ1) is 8.50. The number of hydrogen-bond donors (Lipinski definition) is 0. The minimum Gasteiger partial charge on any atom is -0.295 e. The lowest BCUT2D eigenvalue weighted by Crippen LogP contribution is -1.87. The zero-order valence-electron chi connectivity index (χ0n) is 6.17. The summed E-state index contributed by atoms with van der Waals surface area (Å²) in [4.78, 5) is 4.26. The summed E-state index contributed by atoms with van der Waals surface area (Å²) < 4.78 is 3.20. The average molecular weight is 337 g/mol. The van der Waals surface area contributed by atoms with Gasteiger partial charge in [0.05, 0.1) is 6.20 Å². The Bertz CT molecular complexity index is 410. The molecule has 0 N–H and O–H groups in total. The number of rotatable bonds is 1. The topological polar surface area (TPSA) is 17.3 Å². The maximum Gasteiger partial charge on any atom is 0.137 e. The van der Waals surface area contributed by atoms with Gasteiger partial charge in [-0.3, -0.25) is 4.40 Å². The van der Waals surface area contributed by atoms with Crippen LogP contribution in [0.25, 0.3) is 5.65 Å². The Hall–Kier alpha value is -0.100. The van der Waals surface area contributed by atoms with Crippen LogP contribution in [-0.4, -0.2) is 9.38 Å². The van der Waals surface area contributed by atoms with Crippen molar-refractivity contribution >= 4 is 44.2 Å². The van der Waals surface area contributed by atoms with E-state index in [0.29, 0.717) is 0 Å². The third-order valence-electron chi connectivity index (χ3n) is 1.69. The van der Waals surface area contributed by atoms with E-state index in [4.69, 9.17) is 0 Å². The van der Waals surface area contributed by atoms with Gasteiger partial charge in [0.1, 0.15) is 9.35 Å².